The first-order valence-corrected chi connectivity index (χ1v) is 12.2. The molecule has 0 radical (unpaired) electrons. The second kappa shape index (κ2) is 11.5. The van der Waals surface area contributed by atoms with Crippen molar-refractivity contribution in [3.63, 3.8) is 0 Å². The lowest BCUT2D eigenvalue weighted by molar-refractivity contribution is 0.146. The van der Waals surface area contributed by atoms with Crippen LogP contribution in [0.5, 0.6) is 5.88 Å². The quantitative estimate of drug-likeness (QED) is 0.268. The number of rotatable bonds is 9. The van der Waals surface area contributed by atoms with E-state index in [2.05, 4.69) is 29.8 Å². The van der Waals surface area contributed by atoms with Crippen LogP contribution < -0.4 is 15.4 Å². The van der Waals surface area contributed by atoms with Crippen molar-refractivity contribution in [2.45, 2.75) is 32.7 Å². The van der Waals surface area contributed by atoms with Crippen LogP contribution in [-0.2, 0) is 5.54 Å². The molecule has 0 saturated carbocycles. The van der Waals surface area contributed by atoms with Crippen LogP contribution in [0.1, 0.15) is 37.4 Å². The number of ether oxygens (including phenoxy) is 1. The molecule has 3 heterocycles. The third kappa shape index (κ3) is 6.26. The van der Waals surface area contributed by atoms with Crippen LogP contribution in [-0.4, -0.2) is 45.1 Å². The average Bonchev–Trinajstić information content (AvgIpc) is 2.92. The standard InChI is InChI=1S/C28H27F3N8O/c1-16-14-18(15-20(35-16)24(30)31)22-23(17-6-8-19(29)9-7-17)37-26(32)38-25(22)40-13-12-39(5)27-34-11-10-21(36-27)28(2,3)33-4/h6-11,14-15,24H,12-13H2,1-3,5H3,(H2,32,37,38). The van der Waals surface area contributed by atoms with E-state index in [1.807, 2.05) is 0 Å². The van der Waals surface area contributed by atoms with Crippen LogP contribution in [0.15, 0.2) is 48.7 Å². The molecule has 1 aromatic carbocycles. The minimum absolute atomic E-state index is 0.0647. The van der Waals surface area contributed by atoms with E-state index in [1.165, 1.54) is 30.3 Å². The van der Waals surface area contributed by atoms with Gasteiger partial charge in [-0.3, -0.25) is 4.98 Å². The van der Waals surface area contributed by atoms with Gasteiger partial charge >= 0.3 is 0 Å². The van der Waals surface area contributed by atoms with E-state index in [1.54, 1.807) is 51.0 Å². The van der Waals surface area contributed by atoms with Crippen molar-refractivity contribution in [2.24, 2.45) is 0 Å². The highest BCUT2D eigenvalue weighted by molar-refractivity contribution is 5.85. The van der Waals surface area contributed by atoms with Crippen molar-refractivity contribution >= 4 is 11.9 Å². The van der Waals surface area contributed by atoms with Gasteiger partial charge in [-0.2, -0.15) is 4.98 Å². The van der Waals surface area contributed by atoms with Crippen molar-refractivity contribution in [2.75, 3.05) is 30.8 Å². The van der Waals surface area contributed by atoms with Gasteiger partial charge in [0, 0.05) is 38.3 Å². The molecule has 0 bridgehead atoms. The van der Waals surface area contributed by atoms with Crippen LogP contribution in [0.2, 0.25) is 0 Å². The van der Waals surface area contributed by atoms with Gasteiger partial charge in [0.25, 0.3) is 12.0 Å². The molecule has 4 rings (SSSR count). The summed E-state index contributed by atoms with van der Waals surface area (Å²) in [5, 5.41) is 0. The van der Waals surface area contributed by atoms with Crippen LogP contribution >= 0.6 is 0 Å². The SMILES string of the molecule is [C-]#[N+]C(C)(C)c1ccnc(N(C)CCOc2nc(N)nc(-c3ccc(F)cc3)c2-c2cc(C)nc(C(F)F)c2)n1. The number of aromatic nitrogens is 5. The number of nitrogen functional groups attached to an aromatic ring is 1. The van der Waals surface area contributed by atoms with E-state index in [0.717, 1.165) is 0 Å². The molecule has 3 aromatic heterocycles. The van der Waals surface area contributed by atoms with Gasteiger partial charge in [-0.1, -0.05) is 0 Å². The van der Waals surface area contributed by atoms with E-state index in [4.69, 9.17) is 17.0 Å². The second-order valence-electron chi connectivity index (χ2n) is 9.52. The Morgan fingerprint density at radius 2 is 1.77 bits per heavy atom. The lowest BCUT2D eigenvalue weighted by Gasteiger charge is -2.20. The lowest BCUT2D eigenvalue weighted by atomic mass is 9.99. The summed E-state index contributed by atoms with van der Waals surface area (Å²) < 4.78 is 47.0. The Kier molecular flexibility index (Phi) is 8.13. The van der Waals surface area contributed by atoms with E-state index in [0.29, 0.717) is 46.3 Å². The molecular formula is C28H27F3N8O. The summed E-state index contributed by atoms with van der Waals surface area (Å²) in [6, 6.07) is 10.1. The highest BCUT2D eigenvalue weighted by Gasteiger charge is 2.28. The molecule has 0 aliphatic carbocycles. The van der Waals surface area contributed by atoms with Gasteiger partial charge in [-0.15, -0.1) is 0 Å². The first-order chi connectivity index (χ1) is 19.0. The van der Waals surface area contributed by atoms with Gasteiger partial charge < -0.3 is 20.2 Å². The zero-order valence-corrected chi connectivity index (χ0v) is 22.4. The summed E-state index contributed by atoms with van der Waals surface area (Å²) in [6.45, 7) is 13.0. The third-order valence-electron chi connectivity index (χ3n) is 6.05. The molecule has 0 amide bonds. The minimum Gasteiger partial charge on any atom is -0.475 e. The molecule has 0 spiro atoms. The maximum atomic E-state index is 13.7. The average molecular weight is 549 g/mol. The number of nitrogens with zero attached hydrogens (tertiary/aromatic N) is 7. The van der Waals surface area contributed by atoms with Gasteiger partial charge in [0.1, 0.15) is 23.8 Å². The number of alkyl halides is 2. The monoisotopic (exact) mass is 548 g/mol. The Labute approximate surface area is 229 Å². The molecule has 4 aromatic rings. The van der Waals surface area contributed by atoms with Crippen LogP contribution in [0.3, 0.4) is 0 Å². The van der Waals surface area contributed by atoms with Crippen molar-refractivity contribution < 1.29 is 17.9 Å². The van der Waals surface area contributed by atoms with E-state index in [9.17, 15) is 13.2 Å². The normalized spacial score (nSPS) is 11.4. The highest BCUT2D eigenvalue weighted by Crippen LogP contribution is 2.39. The van der Waals surface area contributed by atoms with E-state index in [-0.39, 0.29) is 18.4 Å². The number of pyridine rings is 1. The molecular weight excluding hydrogens is 521 g/mol. The van der Waals surface area contributed by atoms with Crippen LogP contribution in [0.4, 0.5) is 25.1 Å². The maximum absolute atomic E-state index is 13.7. The Morgan fingerprint density at radius 3 is 2.45 bits per heavy atom. The topological polar surface area (TPSA) is 107 Å². The first-order valence-electron chi connectivity index (χ1n) is 12.2. The van der Waals surface area contributed by atoms with Gasteiger partial charge in [-0.25, -0.2) is 34.7 Å². The zero-order chi connectivity index (χ0) is 29.0. The summed E-state index contributed by atoms with van der Waals surface area (Å²) in [5.41, 5.74) is 7.18. The molecule has 12 heteroatoms. The maximum Gasteiger partial charge on any atom is 0.280 e. The van der Waals surface area contributed by atoms with Gasteiger partial charge in [0.05, 0.1) is 17.8 Å². The molecule has 0 aliphatic heterocycles. The number of benzene rings is 1. The molecule has 0 atom stereocenters. The molecule has 0 aliphatic rings. The molecule has 0 fully saturated rings. The molecule has 2 N–H and O–H groups in total. The van der Waals surface area contributed by atoms with Gasteiger partial charge in [-0.05, 0) is 55.0 Å². The van der Waals surface area contributed by atoms with Crippen molar-refractivity contribution in [3.8, 4) is 28.3 Å². The van der Waals surface area contributed by atoms with Crippen molar-refractivity contribution in [3.05, 3.63) is 83.0 Å². The van der Waals surface area contributed by atoms with Crippen molar-refractivity contribution in [1.29, 1.82) is 0 Å². The smallest absolute Gasteiger partial charge is 0.280 e. The number of hydrogen-bond acceptors (Lipinski definition) is 8. The fourth-order valence-corrected chi connectivity index (χ4v) is 3.90. The molecule has 0 unspecified atom stereocenters. The summed E-state index contributed by atoms with van der Waals surface area (Å²) in [7, 11) is 1.77. The van der Waals surface area contributed by atoms with Crippen LogP contribution in [0, 0.1) is 19.3 Å². The van der Waals surface area contributed by atoms with Gasteiger partial charge in [0.15, 0.2) is 0 Å². The Bertz CT molecular complexity index is 1550. The number of halogens is 3. The fourth-order valence-electron chi connectivity index (χ4n) is 3.90. The minimum atomic E-state index is -2.80. The predicted octanol–water partition coefficient (Wildman–Crippen LogP) is 5.63. The molecule has 9 nitrogen and oxygen atoms in total. The summed E-state index contributed by atoms with van der Waals surface area (Å²) in [6.07, 6.45) is -1.21. The van der Waals surface area contributed by atoms with E-state index < -0.39 is 23.5 Å². The first kappa shape index (κ1) is 28.2. The predicted molar refractivity (Wildman–Crippen MR) is 145 cm³/mol. The number of nitrogens with two attached hydrogens (primary N) is 1. The number of hydrogen-bond donors (Lipinski definition) is 1. The largest absolute Gasteiger partial charge is 0.475 e. The molecule has 40 heavy (non-hydrogen) atoms. The highest BCUT2D eigenvalue weighted by atomic mass is 19.3. The Hall–Kier alpha value is -4.79. The zero-order valence-electron chi connectivity index (χ0n) is 22.4. The summed E-state index contributed by atoms with van der Waals surface area (Å²) in [4.78, 5) is 26.7. The van der Waals surface area contributed by atoms with Gasteiger partial charge in [0.2, 0.25) is 17.8 Å². The second-order valence-corrected chi connectivity index (χ2v) is 9.52. The van der Waals surface area contributed by atoms with Crippen LogP contribution in [0.25, 0.3) is 27.2 Å². The summed E-state index contributed by atoms with van der Waals surface area (Å²) >= 11 is 0. The Balaban J connectivity index is 1.70. The third-order valence-corrected chi connectivity index (χ3v) is 6.05. The Morgan fingerprint density at radius 1 is 1.05 bits per heavy atom. The molecule has 0 saturated heterocycles. The molecule has 206 valence electrons. The summed E-state index contributed by atoms with van der Waals surface area (Å²) in [5.74, 6) is -0.0882. The number of anilines is 2. The lowest BCUT2D eigenvalue weighted by Crippen LogP contribution is -2.27. The fraction of sp³-hybridized carbons (Fsp3) is 0.286. The number of aryl methyl sites for hydroxylation is 1. The van der Waals surface area contributed by atoms with E-state index >= 15 is 0 Å². The van der Waals surface area contributed by atoms with Crippen molar-refractivity contribution in [1.82, 2.24) is 24.9 Å². The number of likely N-dealkylation sites (N-methyl/N-ethyl adjacent to an activating group) is 1.